The Morgan fingerprint density at radius 2 is 2.14 bits per heavy atom. The molecule has 0 amide bonds. The minimum Gasteiger partial charge on any atom is -0.504 e. The molecule has 0 fully saturated rings. The van der Waals surface area contributed by atoms with Crippen molar-refractivity contribution in [2.45, 2.75) is 24.0 Å². The number of benzene rings is 1. The second-order valence-electron chi connectivity index (χ2n) is 4.78. The van der Waals surface area contributed by atoms with Crippen LogP contribution in [0, 0.1) is 0 Å². The number of ether oxygens (including phenoxy) is 2. The van der Waals surface area contributed by atoms with Crippen LogP contribution in [-0.2, 0) is 16.4 Å². The van der Waals surface area contributed by atoms with Gasteiger partial charge in [0.05, 0.1) is 5.69 Å². The maximum atomic E-state index is 12.4. The van der Waals surface area contributed by atoms with E-state index in [4.69, 9.17) is 9.47 Å². The molecule has 0 atom stereocenters. The molecular formula is C14H15NO5S2. The first-order valence-corrected chi connectivity index (χ1v) is 9.10. The topological polar surface area (TPSA) is 84.9 Å². The van der Waals surface area contributed by atoms with Crippen molar-refractivity contribution in [2.75, 3.05) is 11.5 Å². The second kappa shape index (κ2) is 5.69. The third-order valence-corrected chi connectivity index (χ3v) is 5.98. The molecule has 1 aliphatic rings. The Labute approximate surface area is 132 Å². The Bertz CT molecular complexity index is 784. The number of hydrogen-bond donors (Lipinski definition) is 2. The summed E-state index contributed by atoms with van der Waals surface area (Å²) < 4.78 is 38.0. The van der Waals surface area contributed by atoms with E-state index in [1.54, 1.807) is 17.5 Å². The van der Waals surface area contributed by atoms with Gasteiger partial charge in [-0.05, 0) is 23.9 Å². The van der Waals surface area contributed by atoms with Crippen LogP contribution in [0.4, 0.5) is 5.69 Å². The average molecular weight is 341 g/mol. The van der Waals surface area contributed by atoms with Crippen LogP contribution in [0.3, 0.4) is 0 Å². The molecule has 0 aliphatic carbocycles. The molecule has 118 valence electrons. The number of hydrogen-bond acceptors (Lipinski definition) is 6. The first-order chi connectivity index (χ1) is 10.5. The van der Waals surface area contributed by atoms with Crippen molar-refractivity contribution in [3.05, 3.63) is 29.1 Å². The summed E-state index contributed by atoms with van der Waals surface area (Å²) in [6, 6.07) is 4.79. The molecule has 3 rings (SSSR count). The second-order valence-corrected chi connectivity index (χ2v) is 7.64. The van der Waals surface area contributed by atoms with Crippen LogP contribution < -0.4 is 14.2 Å². The maximum Gasteiger partial charge on any atom is 0.271 e. The molecular weight excluding hydrogens is 326 g/mol. The lowest BCUT2D eigenvalue weighted by Gasteiger charge is -2.13. The van der Waals surface area contributed by atoms with E-state index in [-0.39, 0.29) is 33.9 Å². The number of phenolic OH excluding ortho intramolecular Hbond substituents is 1. The first-order valence-electron chi connectivity index (χ1n) is 6.73. The first kappa shape index (κ1) is 15.0. The largest absolute Gasteiger partial charge is 0.504 e. The molecule has 1 aromatic heterocycles. The van der Waals surface area contributed by atoms with Gasteiger partial charge in [-0.1, -0.05) is 19.4 Å². The fourth-order valence-electron chi connectivity index (χ4n) is 2.26. The van der Waals surface area contributed by atoms with Gasteiger partial charge in [-0.3, -0.25) is 4.72 Å². The van der Waals surface area contributed by atoms with Crippen molar-refractivity contribution in [2.24, 2.45) is 0 Å². The molecule has 2 N–H and O–H groups in total. The number of anilines is 1. The van der Waals surface area contributed by atoms with Crippen molar-refractivity contribution < 1.29 is 23.0 Å². The quantitative estimate of drug-likeness (QED) is 0.817. The van der Waals surface area contributed by atoms with E-state index in [2.05, 4.69) is 4.72 Å². The zero-order valence-electron chi connectivity index (χ0n) is 11.8. The molecule has 6 nitrogen and oxygen atoms in total. The van der Waals surface area contributed by atoms with Gasteiger partial charge in [0.25, 0.3) is 10.0 Å². The summed E-state index contributed by atoms with van der Waals surface area (Å²) in [6.07, 6.45) is 1.42. The van der Waals surface area contributed by atoms with Crippen LogP contribution in [0.1, 0.15) is 18.9 Å². The summed E-state index contributed by atoms with van der Waals surface area (Å²) in [7, 11) is -3.68. The Hall–Kier alpha value is -1.93. The van der Waals surface area contributed by atoms with E-state index in [1.165, 1.54) is 6.07 Å². The van der Waals surface area contributed by atoms with Gasteiger partial charge in [-0.2, -0.15) is 0 Å². The lowest BCUT2D eigenvalue weighted by atomic mass is 10.1. The van der Waals surface area contributed by atoms with Gasteiger partial charge in [0, 0.05) is 5.56 Å². The summed E-state index contributed by atoms with van der Waals surface area (Å²) in [5, 5.41) is 11.9. The fourth-order valence-corrected chi connectivity index (χ4v) is 4.30. The van der Waals surface area contributed by atoms with Crippen LogP contribution in [0.15, 0.2) is 27.8 Å². The highest BCUT2D eigenvalue weighted by Crippen LogP contribution is 2.48. The Balaban J connectivity index is 2.04. The number of nitrogens with one attached hydrogen (secondary N) is 1. The Kier molecular flexibility index (Phi) is 3.88. The number of aryl methyl sites for hydroxylation is 1. The molecule has 1 aromatic carbocycles. The summed E-state index contributed by atoms with van der Waals surface area (Å²) in [5.41, 5.74) is 0.901. The molecule has 2 aromatic rings. The zero-order chi connectivity index (χ0) is 15.7. The highest BCUT2D eigenvalue weighted by Gasteiger charge is 2.27. The van der Waals surface area contributed by atoms with E-state index in [0.717, 1.165) is 17.8 Å². The van der Waals surface area contributed by atoms with Crippen molar-refractivity contribution in [3.8, 4) is 17.2 Å². The minimum absolute atomic E-state index is 0.00780. The van der Waals surface area contributed by atoms with Crippen LogP contribution >= 0.6 is 11.3 Å². The summed E-state index contributed by atoms with van der Waals surface area (Å²) in [6.45, 7) is 1.92. The number of thiophene rings is 1. The summed E-state index contributed by atoms with van der Waals surface area (Å²) in [5.74, 6) is 0.417. The van der Waals surface area contributed by atoms with Crippen molar-refractivity contribution >= 4 is 27.0 Å². The van der Waals surface area contributed by atoms with Crippen molar-refractivity contribution in [3.63, 3.8) is 0 Å². The van der Waals surface area contributed by atoms with Crippen LogP contribution in [-0.4, -0.2) is 20.3 Å². The molecule has 0 radical (unpaired) electrons. The number of fused-ring (bicyclic) bond motifs is 1. The number of rotatable bonds is 5. The standard InChI is InChI=1S/C14H15NO5S2/c1-2-4-9-7-10(13-14(12(9)16)20-8-19-13)15-22(17,18)11-5-3-6-21-11/h3,5-7,15-16H,2,4,8H2,1H3. The van der Waals surface area contributed by atoms with Crippen molar-refractivity contribution in [1.82, 2.24) is 0 Å². The third-order valence-electron chi connectivity index (χ3n) is 3.22. The zero-order valence-corrected chi connectivity index (χ0v) is 13.5. The van der Waals surface area contributed by atoms with Gasteiger partial charge in [0.15, 0.2) is 11.5 Å². The number of aromatic hydroxyl groups is 1. The van der Waals surface area contributed by atoms with Crippen LogP contribution in [0.5, 0.6) is 17.2 Å². The van der Waals surface area contributed by atoms with E-state index < -0.39 is 10.0 Å². The normalized spacial score (nSPS) is 13.3. The monoisotopic (exact) mass is 341 g/mol. The smallest absolute Gasteiger partial charge is 0.271 e. The van der Waals surface area contributed by atoms with Crippen LogP contribution in [0.25, 0.3) is 0 Å². The van der Waals surface area contributed by atoms with Crippen molar-refractivity contribution in [1.29, 1.82) is 0 Å². The van der Waals surface area contributed by atoms with E-state index in [0.29, 0.717) is 12.0 Å². The van der Waals surface area contributed by atoms with Gasteiger partial charge in [0.1, 0.15) is 4.21 Å². The van der Waals surface area contributed by atoms with Gasteiger partial charge in [0.2, 0.25) is 12.5 Å². The van der Waals surface area contributed by atoms with Gasteiger partial charge in [-0.15, -0.1) is 11.3 Å². The molecule has 0 unspecified atom stereocenters. The predicted octanol–water partition coefficient (Wildman–Crippen LogP) is 2.94. The van der Waals surface area contributed by atoms with E-state index in [1.807, 2.05) is 6.92 Å². The molecule has 1 aliphatic heterocycles. The Morgan fingerprint density at radius 3 is 2.82 bits per heavy atom. The lowest BCUT2D eigenvalue weighted by Crippen LogP contribution is -2.12. The highest BCUT2D eigenvalue weighted by atomic mass is 32.2. The number of phenols is 1. The molecule has 22 heavy (non-hydrogen) atoms. The molecule has 0 bridgehead atoms. The maximum absolute atomic E-state index is 12.4. The molecule has 8 heteroatoms. The van der Waals surface area contributed by atoms with E-state index in [9.17, 15) is 13.5 Å². The minimum atomic E-state index is -3.68. The van der Waals surface area contributed by atoms with Gasteiger partial charge < -0.3 is 14.6 Å². The predicted molar refractivity (Wildman–Crippen MR) is 83.4 cm³/mol. The lowest BCUT2D eigenvalue weighted by molar-refractivity contribution is 0.171. The Morgan fingerprint density at radius 1 is 1.36 bits per heavy atom. The summed E-state index contributed by atoms with van der Waals surface area (Å²) >= 11 is 1.13. The fraction of sp³-hybridized carbons (Fsp3) is 0.286. The van der Waals surface area contributed by atoms with Gasteiger partial charge >= 0.3 is 0 Å². The van der Waals surface area contributed by atoms with Crippen LogP contribution in [0.2, 0.25) is 0 Å². The van der Waals surface area contributed by atoms with Gasteiger partial charge in [-0.25, -0.2) is 8.42 Å². The highest BCUT2D eigenvalue weighted by molar-refractivity contribution is 7.94. The SMILES string of the molecule is CCCc1cc(NS(=O)(=O)c2cccs2)c2c(c1O)OCO2. The average Bonchev–Trinajstić information content (AvgIpc) is 3.14. The molecule has 0 saturated heterocycles. The molecule has 0 spiro atoms. The number of sulfonamides is 1. The molecule has 0 saturated carbocycles. The molecule has 2 heterocycles. The summed E-state index contributed by atoms with van der Waals surface area (Å²) in [4.78, 5) is 0. The van der Waals surface area contributed by atoms with E-state index >= 15 is 0 Å². The third kappa shape index (κ3) is 2.59.